The third kappa shape index (κ3) is 2.73. The fraction of sp³-hybridized carbons (Fsp3) is 0.733. The minimum atomic E-state index is -0.760. The highest BCUT2D eigenvalue weighted by molar-refractivity contribution is 6.51. The second kappa shape index (κ2) is 5.25. The van der Waals surface area contributed by atoms with E-state index < -0.39 is 15.9 Å². The van der Waals surface area contributed by atoms with Crippen molar-refractivity contribution in [2.45, 2.75) is 50.6 Å². The number of hydrogen-bond acceptors (Lipinski definition) is 3. The number of aliphatic hydroxyl groups is 1. The Morgan fingerprint density at radius 2 is 2.05 bits per heavy atom. The molecule has 0 amide bonds. The Morgan fingerprint density at radius 1 is 1.48 bits per heavy atom. The zero-order valence-corrected chi connectivity index (χ0v) is 14.4. The molecule has 1 aliphatic carbocycles. The molecular formula is C15H23Cl2N3O. The van der Waals surface area contributed by atoms with E-state index >= 15 is 0 Å². The second-order valence-corrected chi connectivity index (χ2v) is 8.43. The standard InChI is InChI=1S/C15H23Cl2N3O/c1-6-13(2,3)12(21)10(20-9-18-8-19-20)7-11-14(4,5)15(11,16)17/h6,8-12,21H,1,7H2,2-5H3. The van der Waals surface area contributed by atoms with Crippen LogP contribution >= 0.6 is 23.2 Å². The Bertz CT molecular complexity index is 497. The Balaban J connectivity index is 2.26. The van der Waals surface area contributed by atoms with Crippen LogP contribution in [-0.2, 0) is 0 Å². The van der Waals surface area contributed by atoms with Crippen LogP contribution < -0.4 is 0 Å². The van der Waals surface area contributed by atoms with Crippen LogP contribution in [0.1, 0.15) is 40.2 Å². The molecule has 4 nitrogen and oxygen atoms in total. The van der Waals surface area contributed by atoms with Crippen LogP contribution in [0.3, 0.4) is 0 Å². The van der Waals surface area contributed by atoms with Crippen LogP contribution in [-0.4, -0.2) is 30.3 Å². The Morgan fingerprint density at radius 3 is 2.43 bits per heavy atom. The van der Waals surface area contributed by atoms with Crippen molar-refractivity contribution in [3.05, 3.63) is 25.3 Å². The molecule has 0 bridgehead atoms. The minimum Gasteiger partial charge on any atom is -0.390 e. The van der Waals surface area contributed by atoms with Crippen LogP contribution in [0.25, 0.3) is 0 Å². The van der Waals surface area contributed by atoms with E-state index in [9.17, 15) is 5.11 Å². The lowest BCUT2D eigenvalue weighted by Crippen LogP contribution is -2.37. The van der Waals surface area contributed by atoms with Gasteiger partial charge in [-0.2, -0.15) is 5.10 Å². The highest BCUT2D eigenvalue weighted by atomic mass is 35.5. The molecular weight excluding hydrogens is 309 g/mol. The van der Waals surface area contributed by atoms with E-state index in [0.717, 1.165) is 0 Å². The SMILES string of the molecule is C=CC(C)(C)C(O)C(CC1C(C)(C)C1(Cl)Cl)n1cncn1. The molecule has 3 atom stereocenters. The van der Waals surface area contributed by atoms with Crippen molar-refractivity contribution < 1.29 is 5.11 Å². The maximum absolute atomic E-state index is 10.8. The summed E-state index contributed by atoms with van der Waals surface area (Å²) in [7, 11) is 0. The Labute approximate surface area is 136 Å². The molecule has 21 heavy (non-hydrogen) atoms. The third-order valence-electron chi connectivity index (χ3n) is 4.99. The summed E-state index contributed by atoms with van der Waals surface area (Å²) in [5, 5.41) is 15.0. The van der Waals surface area contributed by atoms with Crippen molar-refractivity contribution in [3.8, 4) is 0 Å². The summed E-state index contributed by atoms with van der Waals surface area (Å²) in [6.07, 6.45) is 4.83. The predicted molar refractivity (Wildman–Crippen MR) is 85.4 cm³/mol. The molecule has 0 spiro atoms. The number of aromatic nitrogens is 3. The van der Waals surface area contributed by atoms with Gasteiger partial charge < -0.3 is 5.11 Å². The Kier molecular flexibility index (Phi) is 4.20. The normalized spacial score (nSPS) is 26.1. The molecule has 3 unspecified atom stereocenters. The summed E-state index contributed by atoms with van der Waals surface area (Å²) in [4.78, 5) is 3.98. The van der Waals surface area contributed by atoms with Gasteiger partial charge in [-0.3, -0.25) is 0 Å². The van der Waals surface area contributed by atoms with Crippen molar-refractivity contribution in [1.82, 2.24) is 14.8 Å². The first-order valence-electron chi connectivity index (χ1n) is 7.09. The summed E-state index contributed by atoms with van der Waals surface area (Å²) in [5.74, 6) is 0.0952. The summed E-state index contributed by atoms with van der Waals surface area (Å²) in [5.41, 5.74) is -0.621. The van der Waals surface area contributed by atoms with Crippen molar-refractivity contribution in [3.63, 3.8) is 0 Å². The maximum atomic E-state index is 10.8. The molecule has 1 aromatic rings. The van der Waals surface area contributed by atoms with E-state index in [2.05, 4.69) is 16.7 Å². The first-order chi connectivity index (χ1) is 9.55. The van der Waals surface area contributed by atoms with Gasteiger partial charge in [-0.15, -0.1) is 29.8 Å². The summed E-state index contributed by atoms with van der Waals surface area (Å²) < 4.78 is 0.929. The number of hydrogen-bond donors (Lipinski definition) is 1. The second-order valence-electron chi connectivity index (χ2n) is 7.05. The predicted octanol–water partition coefficient (Wildman–Crippen LogP) is 3.61. The first kappa shape index (κ1) is 16.8. The highest BCUT2D eigenvalue weighted by Crippen LogP contribution is 2.71. The smallest absolute Gasteiger partial charge is 0.137 e. The highest BCUT2D eigenvalue weighted by Gasteiger charge is 2.70. The summed E-state index contributed by atoms with van der Waals surface area (Å²) in [6, 6.07) is -0.246. The van der Waals surface area contributed by atoms with Crippen LogP contribution in [0, 0.1) is 16.7 Å². The minimum absolute atomic E-state index is 0.0952. The number of aliphatic hydroxyl groups excluding tert-OH is 1. The van der Waals surface area contributed by atoms with E-state index in [-0.39, 0.29) is 17.4 Å². The van der Waals surface area contributed by atoms with Gasteiger partial charge in [0.2, 0.25) is 0 Å². The van der Waals surface area contributed by atoms with Crippen LogP contribution in [0.5, 0.6) is 0 Å². The fourth-order valence-electron chi connectivity index (χ4n) is 2.83. The number of nitrogens with zero attached hydrogens (tertiary/aromatic N) is 3. The van der Waals surface area contributed by atoms with E-state index in [1.54, 1.807) is 17.1 Å². The average Bonchev–Trinajstić information content (AvgIpc) is 2.84. The lowest BCUT2D eigenvalue weighted by molar-refractivity contribution is 0.0212. The molecule has 1 saturated carbocycles. The van der Waals surface area contributed by atoms with Gasteiger partial charge in [-0.05, 0) is 6.42 Å². The van der Waals surface area contributed by atoms with Gasteiger partial charge in [0.15, 0.2) is 0 Å². The van der Waals surface area contributed by atoms with Crippen LogP contribution in [0.4, 0.5) is 0 Å². The quantitative estimate of drug-likeness (QED) is 0.639. The van der Waals surface area contributed by atoms with Gasteiger partial charge in [0.05, 0.1) is 12.1 Å². The van der Waals surface area contributed by atoms with Gasteiger partial charge >= 0.3 is 0 Å². The van der Waals surface area contributed by atoms with Gasteiger partial charge in [0, 0.05) is 16.7 Å². The van der Waals surface area contributed by atoms with E-state index in [1.807, 2.05) is 27.7 Å². The molecule has 1 aromatic heterocycles. The largest absolute Gasteiger partial charge is 0.390 e. The summed E-state index contributed by atoms with van der Waals surface area (Å²) >= 11 is 12.8. The van der Waals surface area contributed by atoms with Crippen LogP contribution in [0.2, 0.25) is 0 Å². The average molecular weight is 332 g/mol. The van der Waals surface area contributed by atoms with Gasteiger partial charge in [-0.1, -0.05) is 33.8 Å². The lowest BCUT2D eigenvalue weighted by Gasteiger charge is -2.34. The molecule has 6 heteroatoms. The molecule has 0 aromatic carbocycles. The van der Waals surface area contributed by atoms with Gasteiger partial charge in [0.1, 0.15) is 17.0 Å². The van der Waals surface area contributed by atoms with Crippen LogP contribution in [0.15, 0.2) is 25.3 Å². The van der Waals surface area contributed by atoms with E-state index in [0.29, 0.717) is 6.42 Å². The Hall–Kier alpha value is -0.580. The van der Waals surface area contributed by atoms with Crippen molar-refractivity contribution >= 4 is 23.2 Å². The number of alkyl halides is 2. The number of rotatable bonds is 6. The van der Waals surface area contributed by atoms with E-state index in [4.69, 9.17) is 23.2 Å². The number of halogens is 2. The zero-order valence-electron chi connectivity index (χ0n) is 12.9. The molecule has 0 aliphatic heterocycles. The van der Waals surface area contributed by atoms with Gasteiger partial charge in [-0.25, -0.2) is 9.67 Å². The maximum Gasteiger partial charge on any atom is 0.137 e. The monoisotopic (exact) mass is 331 g/mol. The molecule has 118 valence electrons. The molecule has 0 saturated heterocycles. The molecule has 1 heterocycles. The lowest BCUT2D eigenvalue weighted by atomic mass is 9.81. The van der Waals surface area contributed by atoms with E-state index in [1.165, 1.54) is 6.33 Å². The molecule has 1 N–H and O–H groups in total. The zero-order chi connectivity index (χ0) is 16.1. The third-order valence-corrected chi connectivity index (χ3v) is 6.49. The molecule has 1 aliphatic rings. The topological polar surface area (TPSA) is 50.9 Å². The van der Waals surface area contributed by atoms with Crippen molar-refractivity contribution in [1.29, 1.82) is 0 Å². The molecule has 2 rings (SSSR count). The van der Waals surface area contributed by atoms with Crippen molar-refractivity contribution in [2.24, 2.45) is 16.7 Å². The van der Waals surface area contributed by atoms with Crippen molar-refractivity contribution in [2.75, 3.05) is 0 Å². The molecule has 1 fully saturated rings. The first-order valence-corrected chi connectivity index (χ1v) is 7.85. The fourth-order valence-corrected chi connectivity index (χ4v) is 3.71. The van der Waals surface area contributed by atoms with Gasteiger partial charge in [0.25, 0.3) is 0 Å². The molecule has 0 radical (unpaired) electrons. The summed E-state index contributed by atoms with van der Waals surface area (Å²) in [6.45, 7) is 11.8.